The van der Waals surface area contributed by atoms with E-state index in [-0.39, 0.29) is 5.38 Å². The van der Waals surface area contributed by atoms with Gasteiger partial charge in [-0.2, -0.15) is 0 Å². The van der Waals surface area contributed by atoms with Crippen molar-refractivity contribution in [3.8, 4) is 5.75 Å². The summed E-state index contributed by atoms with van der Waals surface area (Å²) in [5.74, 6) is 2.35. The number of methoxy groups -OCH3 is 1. The van der Waals surface area contributed by atoms with Gasteiger partial charge >= 0.3 is 0 Å². The number of nitrogens with zero attached hydrogens (tertiary/aromatic N) is 2. The fourth-order valence-corrected chi connectivity index (χ4v) is 3.32. The Morgan fingerprint density at radius 3 is 2.43 bits per heavy atom. The molecule has 116 valence electrons. The van der Waals surface area contributed by atoms with E-state index >= 15 is 0 Å². The SMILES string of the molecule is CCC(CC)C(C)n1c(C(C)Cl)nc2c(OC)cccc21. The van der Waals surface area contributed by atoms with Gasteiger partial charge < -0.3 is 9.30 Å². The van der Waals surface area contributed by atoms with Crippen molar-refractivity contribution in [1.82, 2.24) is 9.55 Å². The maximum atomic E-state index is 6.39. The summed E-state index contributed by atoms with van der Waals surface area (Å²) in [6.07, 6.45) is 2.30. The van der Waals surface area contributed by atoms with Crippen molar-refractivity contribution in [2.24, 2.45) is 5.92 Å². The summed E-state index contributed by atoms with van der Waals surface area (Å²) in [6, 6.07) is 6.44. The molecule has 0 spiro atoms. The Morgan fingerprint density at radius 2 is 1.90 bits per heavy atom. The monoisotopic (exact) mass is 308 g/mol. The second-order valence-corrected chi connectivity index (χ2v) is 6.26. The van der Waals surface area contributed by atoms with Crippen molar-refractivity contribution >= 4 is 22.6 Å². The van der Waals surface area contributed by atoms with Gasteiger partial charge in [0, 0.05) is 6.04 Å². The van der Waals surface area contributed by atoms with Crippen LogP contribution in [0.4, 0.5) is 0 Å². The van der Waals surface area contributed by atoms with Crippen LogP contribution in [-0.4, -0.2) is 16.7 Å². The number of fused-ring (bicyclic) bond motifs is 1. The lowest BCUT2D eigenvalue weighted by Crippen LogP contribution is -2.18. The first-order valence-electron chi connectivity index (χ1n) is 7.73. The number of rotatable bonds is 6. The molecule has 0 bridgehead atoms. The summed E-state index contributed by atoms with van der Waals surface area (Å²) < 4.78 is 7.75. The van der Waals surface area contributed by atoms with Crippen LogP contribution in [0.3, 0.4) is 0 Å². The first-order valence-corrected chi connectivity index (χ1v) is 8.17. The molecule has 2 aromatic rings. The molecule has 0 aliphatic heterocycles. The molecule has 2 unspecified atom stereocenters. The lowest BCUT2D eigenvalue weighted by molar-refractivity contribution is 0.332. The number of ether oxygens (including phenoxy) is 1. The third-order valence-corrected chi connectivity index (χ3v) is 4.62. The lowest BCUT2D eigenvalue weighted by Gasteiger charge is -2.26. The number of halogens is 1. The highest BCUT2D eigenvalue weighted by molar-refractivity contribution is 6.20. The van der Waals surface area contributed by atoms with Crippen LogP contribution in [0.25, 0.3) is 11.0 Å². The molecule has 4 heteroatoms. The Balaban J connectivity index is 2.67. The third kappa shape index (κ3) is 2.89. The summed E-state index contributed by atoms with van der Waals surface area (Å²) in [6.45, 7) is 8.73. The van der Waals surface area contributed by atoms with Crippen LogP contribution in [0.15, 0.2) is 18.2 Å². The lowest BCUT2D eigenvalue weighted by atomic mass is 9.95. The molecule has 0 amide bonds. The smallest absolute Gasteiger partial charge is 0.146 e. The normalized spacial score (nSPS) is 14.6. The number of hydrogen-bond acceptors (Lipinski definition) is 2. The van der Waals surface area contributed by atoms with E-state index in [9.17, 15) is 0 Å². The molecule has 2 rings (SSSR count). The van der Waals surface area contributed by atoms with E-state index in [1.165, 1.54) is 0 Å². The van der Waals surface area contributed by atoms with E-state index in [0.29, 0.717) is 12.0 Å². The van der Waals surface area contributed by atoms with E-state index < -0.39 is 0 Å². The highest BCUT2D eigenvalue weighted by Gasteiger charge is 2.24. The molecule has 2 atom stereocenters. The molecule has 1 aromatic carbocycles. The van der Waals surface area contributed by atoms with E-state index in [1.807, 2.05) is 19.1 Å². The maximum absolute atomic E-state index is 6.39. The van der Waals surface area contributed by atoms with Gasteiger partial charge in [-0.3, -0.25) is 0 Å². The fourth-order valence-electron chi connectivity index (χ4n) is 3.16. The Labute approximate surface area is 132 Å². The molecule has 0 saturated heterocycles. The van der Waals surface area contributed by atoms with Gasteiger partial charge in [-0.15, -0.1) is 11.6 Å². The first kappa shape index (κ1) is 16.2. The predicted molar refractivity (Wildman–Crippen MR) is 89.3 cm³/mol. The Morgan fingerprint density at radius 1 is 1.24 bits per heavy atom. The number of hydrogen-bond donors (Lipinski definition) is 0. The zero-order valence-corrected chi connectivity index (χ0v) is 14.3. The first-order chi connectivity index (χ1) is 10.0. The largest absolute Gasteiger partial charge is 0.494 e. The van der Waals surface area contributed by atoms with Crippen molar-refractivity contribution in [3.05, 3.63) is 24.0 Å². The zero-order valence-electron chi connectivity index (χ0n) is 13.6. The van der Waals surface area contributed by atoms with Crippen molar-refractivity contribution in [2.75, 3.05) is 7.11 Å². The van der Waals surface area contributed by atoms with Gasteiger partial charge in [0.15, 0.2) is 0 Å². The summed E-state index contributed by atoms with van der Waals surface area (Å²) in [5, 5.41) is -0.126. The quantitative estimate of drug-likeness (QED) is 0.673. The molecule has 21 heavy (non-hydrogen) atoms. The topological polar surface area (TPSA) is 27.1 Å². The average Bonchev–Trinajstić information content (AvgIpc) is 2.87. The van der Waals surface area contributed by atoms with Crippen LogP contribution in [0.5, 0.6) is 5.75 Å². The van der Waals surface area contributed by atoms with E-state index in [2.05, 4.69) is 31.4 Å². The van der Waals surface area contributed by atoms with Crippen molar-refractivity contribution in [3.63, 3.8) is 0 Å². The van der Waals surface area contributed by atoms with Gasteiger partial charge in [-0.1, -0.05) is 32.8 Å². The van der Waals surface area contributed by atoms with Crippen LogP contribution in [0.1, 0.15) is 57.8 Å². The number of imidazole rings is 1. The van der Waals surface area contributed by atoms with Gasteiger partial charge in [0.25, 0.3) is 0 Å². The highest BCUT2D eigenvalue weighted by atomic mass is 35.5. The molecule has 1 heterocycles. The molecular formula is C17H25ClN2O. The predicted octanol–water partition coefficient (Wildman–Crippen LogP) is 5.34. The molecule has 0 aliphatic carbocycles. The second-order valence-electron chi connectivity index (χ2n) is 5.60. The van der Waals surface area contributed by atoms with Crippen LogP contribution < -0.4 is 4.74 Å². The number of aromatic nitrogens is 2. The van der Waals surface area contributed by atoms with Crippen molar-refractivity contribution in [1.29, 1.82) is 0 Å². The number of benzene rings is 1. The van der Waals surface area contributed by atoms with Crippen molar-refractivity contribution < 1.29 is 4.74 Å². The number of para-hydroxylation sites is 1. The van der Waals surface area contributed by atoms with Gasteiger partial charge in [0.1, 0.15) is 17.1 Å². The molecule has 0 aliphatic rings. The minimum absolute atomic E-state index is 0.126. The van der Waals surface area contributed by atoms with E-state index in [0.717, 1.165) is 35.4 Å². The van der Waals surface area contributed by atoms with Gasteiger partial charge in [-0.25, -0.2) is 4.98 Å². The Kier molecular flexibility index (Phi) is 5.15. The second kappa shape index (κ2) is 6.69. The number of alkyl halides is 1. The summed E-state index contributed by atoms with van der Waals surface area (Å²) in [4.78, 5) is 4.76. The zero-order chi connectivity index (χ0) is 15.6. The summed E-state index contributed by atoms with van der Waals surface area (Å²) in [7, 11) is 1.68. The molecule has 1 aromatic heterocycles. The molecular weight excluding hydrogens is 284 g/mol. The van der Waals surface area contributed by atoms with Crippen LogP contribution in [-0.2, 0) is 0 Å². The van der Waals surface area contributed by atoms with Gasteiger partial charge in [-0.05, 0) is 31.9 Å². The average molecular weight is 309 g/mol. The molecule has 0 fully saturated rings. The molecule has 3 nitrogen and oxygen atoms in total. The van der Waals surface area contributed by atoms with Gasteiger partial charge in [0.2, 0.25) is 0 Å². The van der Waals surface area contributed by atoms with Crippen LogP contribution >= 0.6 is 11.6 Å². The van der Waals surface area contributed by atoms with Gasteiger partial charge in [0.05, 0.1) is 18.0 Å². The van der Waals surface area contributed by atoms with Crippen molar-refractivity contribution in [2.45, 2.75) is 52.0 Å². The third-order valence-electron chi connectivity index (χ3n) is 4.42. The summed E-state index contributed by atoms with van der Waals surface area (Å²) in [5.41, 5.74) is 2.01. The maximum Gasteiger partial charge on any atom is 0.146 e. The minimum Gasteiger partial charge on any atom is -0.494 e. The molecule has 0 radical (unpaired) electrons. The Hall–Kier alpha value is -1.22. The van der Waals surface area contributed by atoms with Crippen LogP contribution in [0, 0.1) is 5.92 Å². The van der Waals surface area contributed by atoms with E-state index in [4.69, 9.17) is 21.3 Å². The molecule has 0 N–H and O–H groups in total. The molecule has 0 saturated carbocycles. The highest BCUT2D eigenvalue weighted by Crippen LogP contribution is 2.36. The van der Waals surface area contributed by atoms with Crippen LogP contribution in [0.2, 0.25) is 0 Å². The Bertz CT molecular complexity index is 602. The summed E-state index contributed by atoms with van der Waals surface area (Å²) >= 11 is 6.39. The minimum atomic E-state index is -0.126. The standard InChI is InChI=1S/C17H25ClN2O/c1-6-13(7-2)12(4)20-14-9-8-10-15(21-5)16(14)19-17(20)11(3)18/h8-13H,6-7H2,1-5H3. The van der Waals surface area contributed by atoms with E-state index in [1.54, 1.807) is 7.11 Å². The fraction of sp³-hybridized carbons (Fsp3) is 0.588.